The van der Waals surface area contributed by atoms with Crippen LogP contribution in [0, 0.1) is 0 Å². The van der Waals surface area contributed by atoms with Crippen molar-refractivity contribution in [1.29, 1.82) is 0 Å². The van der Waals surface area contributed by atoms with E-state index in [1.807, 2.05) is 12.3 Å². The van der Waals surface area contributed by atoms with Crippen LogP contribution in [0.3, 0.4) is 0 Å². The Bertz CT molecular complexity index is 1740. The van der Waals surface area contributed by atoms with Crippen LogP contribution in [-0.2, 0) is 0 Å². The molecule has 0 aliphatic heterocycles. The van der Waals surface area contributed by atoms with Gasteiger partial charge in [0.1, 0.15) is 0 Å². The third kappa shape index (κ3) is 2.19. The summed E-state index contributed by atoms with van der Waals surface area (Å²) in [4.78, 5) is 4.90. The van der Waals surface area contributed by atoms with Crippen LogP contribution < -0.4 is 0 Å². The average molecular weight is 394 g/mol. The first kappa shape index (κ1) is 16.6. The lowest BCUT2D eigenvalue weighted by molar-refractivity contribution is 1.19. The van der Waals surface area contributed by atoms with Crippen LogP contribution in [0.1, 0.15) is 0 Å². The molecule has 0 bridgehead atoms. The molecule has 2 heteroatoms. The summed E-state index contributed by atoms with van der Waals surface area (Å²) < 4.78 is 2.40. The van der Waals surface area contributed by atoms with Crippen LogP contribution in [0.2, 0.25) is 0 Å². The van der Waals surface area contributed by atoms with Crippen LogP contribution in [0.15, 0.2) is 109 Å². The predicted octanol–water partition coefficient (Wildman–Crippen LogP) is 7.64. The third-order valence-electron chi connectivity index (χ3n) is 6.40. The molecular formula is C29H18N2. The zero-order valence-electron chi connectivity index (χ0n) is 16.8. The summed E-state index contributed by atoms with van der Waals surface area (Å²) in [5, 5.41) is 8.70. The standard InChI is InChI=1S/C29H18N2/c1-2-9-19(10-3-1)31-26-15-7-6-13-22(26)25-17-16-23-20-11-4-5-12-21(20)24-14-8-18-30-28(24)27(23)29(25)31/h1-18H. The zero-order chi connectivity index (χ0) is 20.4. The van der Waals surface area contributed by atoms with E-state index in [0.29, 0.717) is 0 Å². The molecule has 144 valence electrons. The van der Waals surface area contributed by atoms with Gasteiger partial charge in [0.05, 0.1) is 16.6 Å². The minimum atomic E-state index is 1.06. The van der Waals surface area contributed by atoms with Crippen molar-refractivity contribution in [3.63, 3.8) is 0 Å². The van der Waals surface area contributed by atoms with E-state index in [9.17, 15) is 0 Å². The Morgan fingerprint density at radius 1 is 0.484 bits per heavy atom. The topological polar surface area (TPSA) is 17.8 Å². The summed E-state index contributed by atoms with van der Waals surface area (Å²) in [5.74, 6) is 0. The van der Waals surface area contributed by atoms with Gasteiger partial charge >= 0.3 is 0 Å². The van der Waals surface area contributed by atoms with E-state index in [1.165, 1.54) is 54.4 Å². The first-order valence-electron chi connectivity index (χ1n) is 10.6. The summed E-state index contributed by atoms with van der Waals surface area (Å²) in [6, 6.07) is 36.8. The predicted molar refractivity (Wildman–Crippen MR) is 131 cm³/mol. The Hall–Kier alpha value is -4.17. The highest BCUT2D eigenvalue weighted by atomic mass is 15.0. The van der Waals surface area contributed by atoms with Crippen molar-refractivity contribution in [2.75, 3.05) is 0 Å². The number of fused-ring (bicyclic) bond motifs is 10. The molecule has 7 aromatic rings. The monoisotopic (exact) mass is 394 g/mol. The normalized spacial score (nSPS) is 11.9. The lowest BCUT2D eigenvalue weighted by Crippen LogP contribution is -1.95. The molecule has 0 unspecified atom stereocenters. The Labute approximate surface area is 179 Å². The highest BCUT2D eigenvalue weighted by Crippen LogP contribution is 2.42. The fourth-order valence-electron chi connectivity index (χ4n) is 5.14. The van der Waals surface area contributed by atoms with Crippen molar-refractivity contribution in [1.82, 2.24) is 9.55 Å². The molecule has 0 atom stereocenters. The molecule has 0 aliphatic rings. The Kier molecular flexibility index (Phi) is 3.30. The van der Waals surface area contributed by atoms with Gasteiger partial charge in [-0.05, 0) is 40.4 Å². The fourth-order valence-corrected chi connectivity index (χ4v) is 5.14. The van der Waals surface area contributed by atoms with Crippen molar-refractivity contribution in [3.05, 3.63) is 109 Å². The van der Waals surface area contributed by atoms with Crippen LogP contribution >= 0.6 is 0 Å². The molecule has 0 fully saturated rings. The number of rotatable bonds is 1. The second-order valence-electron chi connectivity index (χ2n) is 8.02. The highest BCUT2D eigenvalue weighted by Gasteiger charge is 2.18. The molecule has 31 heavy (non-hydrogen) atoms. The molecule has 0 spiro atoms. The molecule has 2 aromatic heterocycles. The van der Waals surface area contributed by atoms with E-state index in [-0.39, 0.29) is 0 Å². The van der Waals surface area contributed by atoms with Gasteiger partial charge in [-0.1, -0.05) is 78.9 Å². The SMILES string of the molecule is c1ccc(-n2c3ccccc3c3ccc4c5ccccc5c5cccnc5c4c32)cc1. The van der Waals surface area contributed by atoms with Gasteiger partial charge in [-0.3, -0.25) is 4.98 Å². The number of nitrogens with zero attached hydrogens (tertiary/aromatic N) is 2. The summed E-state index contributed by atoms with van der Waals surface area (Å²) >= 11 is 0. The third-order valence-corrected chi connectivity index (χ3v) is 6.40. The molecular weight excluding hydrogens is 376 g/mol. The summed E-state index contributed by atoms with van der Waals surface area (Å²) in [6.07, 6.45) is 1.91. The van der Waals surface area contributed by atoms with Crippen molar-refractivity contribution < 1.29 is 0 Å². The van der Waals surface area contributed by atoms with Gasteiger partial charge in [-0.25, -0.2) is 0 Å². The van der Waals surface area contributed by atoms with Crippen LogP contribution in [-0.4, -0.2) is 9.55 Å². The van der Waals surface area contributed by atoms with Gasteiger partial charge in [-0.2, -0.15) is 0 Å². The van der Waals surface area contributed by atoms with Crippen molar-refractivity contribution in [2.24, 2.45) is 0 Å². The van der Waals surface area contributed by atoms with Gasteiger partial charge in [0, 0.05) is 33.4 Å². The molecule has 0 N–H and O–H groups in total. The number of benzene rings is 5. The first-order chi connectivity index (χ1) is 15.4. The van der Waals surface area contributed by atoms with Crippen molar-refractivity contribution in [3.8, 4) is 5.69 Å². The van der Waals surface area contributed by atoms with Gasteiger partial charge in [-0.15, -0.1) is 0 Å². The number of aromatic nitrogens is 2. The van der Waals surface area contributed by atoms with Gasteiger partial charge in [0.25, 0.3) is 0 Å². The zero-order valence-corrected chi connectivity index (χ0v) is 16.8. The second kappa shape index (κ2) is 6.16. The average Bonchev–Trinajstić information content (AvgIpc) is 3.19. The molecule has 0 radical (unpaired) electrons. The summed E-state index contributed by atoms with van der Waals surface area (Å²) in [6.45, 7) is 0. The lowest BCUT2D eigenvalue weighted by Gasteiger charge is -2.13. The molecule has 7 rings (SSSR count). The van der Waals surface area contributed by atoms with E-state index >= 15 is 0 Å². The van der Waals surface area contributed by atoms with Crippen LogP contribution in [0.4, 0.5) is 0 Å². The Balaban J connectivity index is 1.86. The van der Waals surface area contributed by atoms with Gasteiger partial charge in [0.2, 0.25) is 0 Å². The number of para-hydroxylation sites is 2. The minimum absolute atomic E-state index is 1.06. The van der Waals surface area contributed by atoms with E-state index in [2.05, 4.69) is 102 Å². The van der Waals surface area contributed by atoms with Crippen LogP contribution in [0.25, 0.3) is 59.9 Å². The maximum atomic E-state index is 4.90. The van der Waals surface area contributed by atoms with Crippen molar-refractivity contribution >= 4 is 54.3 Å². The fraction of sp³-hybridized carbons (Fsp3) is 0. The van der Waals surface area contributed by atoms with Gasteiger partial charge in [0.15, 0.2) is 0 Å². The number of hydrogen-bond acceptors (Lipinski definition) is 1. The molecule has 0 saturated carbocycles. The van der Waals surface area contributed by atoms with E-state index < -0.39 is 0 Å². The minimum Gasteiger partial charge on any atom is -0.309 e. The molecule has 2 heterocycles. The smallest absolute Gasteiger partial charge is 0.0808 e. The Morgan fingerprint density at radius 2 is 1.13 bits per heavy atom. The molecule has 5 aromatic carbocycles. The van der Waals surface area contributed by atoms with Gasteiger partial charge < -0.3 is 4.57 Å². The number of hydrogen-bond donors (Lipinski definition) is 0. The molecule has 0 saturated heterocycles. The second-order valence-corrected chi connectivity index (χ2v) is 8.02. The molecule has 0 amide bonds. The van der Waals surface area contributed by atoms with E-state index in [0.717, 1.165) is 5.52 Å². The molecule has 2 nitrogen and oxygen atoms in total. The summed E-state index contributed by atoms with van der Waals surface area (Å²) in [7, 11) is 0. The van der Waals surface area contributed by atoms with Crippen molar-refractivity contribution in [2.45, 2.75) is 0 Å². The summed E-state index contributed by atoms with van der Waals surface area (Å²) in [5.41, 5.74) is 4.66. The Morgan fingerprint density at radius 3 is 1.97 bits per heavy atom. The highest BCUT2D eigenvalue weighted by molar-refractivity contribution is 6.32. The maximum Gasteiger partial charge on any atom is 0.0808 e. The van der Waals surface area contributed by atoms with E-state index in [4.69, 9.17) is 4.98 Å². The lowest BCUT2D eigenvalue weighted by atomic mass is 9.95. The maximum absolute atomic E-state index is 4.90. The number of pyridine rings is 1. The molecule has 0 aliphatic carbocycles. The quantitative estimate of drug-likeness (QED) is 0.262. The van der Waals surface area contributed by atoms with E-state index in [1.54, 1.807) is 0 Å². The first-order valence-corrected chi connectivity index (χ1v) is 10.6. The van der Waals surface area contributed by atoms with Crippen LogP contribution in [0.5, 0.6) is 0 Å². The largest absolute Gasteiger partial charge is 0.309 e.